The minimum absolute atomic E-state index is 0.206. The number of hydrogen-bond donors (Lipinski definition) is 2. The first-order valence-electron chi connectivity index (χ1n) is 11.8. The van der Waals surface area contributed by atoms with Gasteiger partial charge in [-0.2, -0.15) is 5.10 Å². The molecule has 0 aliphatic carbocycles. The fourth-order valence-corrected chi connectivity index (χ4v) is 4.75. The van der Waals surface area contributed by atoms with Crippen LogP contribution in [0.3, 0.4) is 0 Å². The summed E-state index contributed by atoms with van der Waals surface area (Å²) in [5.74, 6) is -0.499. The fourth-order valence-electron chi connectivity index (χ4n) is 3.70. The van der Waals surface area contributed by atoms with Crippen LogP contribution in [0.2, 0.25) is 5.02 Å². The molecule has 0 heterocycles. The highest BCUT2D eigenvalue weighted by molar-refractivity contribution is 7.92. The number of rotatable bonds is 10. The normalized spacial score (nSPS) is 11.3. The SMILES string of the molecule is CS(=O)(=O)N(CC(=O)N/N=C\c1ccc(OCC(=O)Nc2ccccc2Cl)cc1)c1cccc2ccccc12. The maximum Gasteiger partial charge on any atom is 0.262 e. The Morgan fingerprint density at radius 2 is 1.62 bits per heavy atom. The van der Waals surface area contributed by atoms with E-state index >= 15 is 0 Å². The summed E-state index contributed by atoms with van der Waals surface area (Å²) < 4.78 is 31.6. The maximum atomic E-state index is 12.6. The van der Waals surface area contributed by atoms with Crippen molar-refractivity contribution in [3.8, 4) is 5.75 Å². The number of amides is 2. The van der Waals surface area contributed by atoms with Crippen LogP contribution in [0, 0.1) is 0 Å². The second kappa shape index (κ2) is 12.4. The van der Waals surface area contributed by atoms with Gasteiger partial charge in [0.15, 0.2) is 6.61 Å². The van der Waals surface area contributed by atoms with Gasteiger partial charge < -0.3 is 10.1 Å². The van der Waals surface area contributed by atoms with E-state index in [9.17, 15) is 18.0 Å². The van der Waals surface area contributed by atoms with Gasteiger partial charge in [-0.1, -0.05) is 60.1 Å². The fraction of sp³-hybridized carbons (Fsp3) is 0.107. The van der Waals surface area contributed by atoms with Crippen molar-refractivity contribution >= 4 is 61.8 Å². The Kier molecular flexibility index (Phi) is 8.80. The Balaban J connectivity index is 1.32. The Labute approximate surface area is 231 Å². The van der Waals surface area contributed by atoms with E-state index in [-0.39, 0.29) is 12.5 Å². The van der Waals surface area contributed by atoms with Crippen molar-refractivity contribution < 1.29 is 22.7 Å². The largest absolute Gasteiger partial charge is 0.484 e. The van der Waals surface area contributed by atoms with E-state index in [1.54, 1.807) is 66.7 Å². The predicted molar refractivity (Wildman–Crippen MR) is 154 cm³/mol. The van der Waals surface area contributed by atoms with Crippen molar-refractivity contribution in [2.24, 2.45) is 5.10 Å². The van der Waals surface area contributed by atoms with Gasteiger partial charge in [0.25, 0.3) is 11.8 Å². The van der Waals surface area contributed by atoms with Crippen LogP contribution in [0.25, 0.3) is 10.8 Å². The Morgan fingerprint density at radius 3 is 2.36 bits per heavy atom. The summed E-state index contributed by atoms with van der Waals surface area (Å²) in [5, 5.41) is 8.60. The molecule has 0 fully saturated rings. The van der Waals surface area contributed by atoms with Gasteiger partial charge in [-0.3, -0.25) is 13.9 Å². The van der Waals surface area contributed by atoms with Gasteiger partial charge in [-0.05, 0) is 53.4 Å². The van der Waals surface area contributed by atoms with Gasteiger partial charge >= 0.3 is 0 Å². The van der Waals surface area contributed by atoms with Gasteiger partial charge in [0, 0.05) is 5.39 Å². The molecule has 0 atom stereocenters. The highest BCUT2D eigenvalue weighted by Gasteiger charge is 2.22. The highest BCUT2D eigenvalue weighted by atomic mass is 35.5. The Morgan fingerprint density at radius 1 is 0.923 bits per heavy atom. The molecule has 0 aliphatic rings. The molecule has 9 nitrogen and oxygen atoms in total. The zero-order chi connectivity index (χ0) is 27.8. The van der Waals surface area contributed by atoms with Crippen LogP contribution >= 0.6 is 11.6 Å². The zero-order valence-electron chi connectivity index (χ0n) is 20.9. The number of carbonyl (C=O) groups is 2. The molecule has 4 rings (SSSR count). The average molecular weight is 565 g/mol. The number of nitrogens with zero attached hydrogens (tertiary/aromatic N) is 2. The number of sulfonamides is 1. The highest BCUT2D eigenvalue weighted by Crippen LogP contribution is 2.28. The number of anilines is 2. The minimum Gasteiger partial charge on any atom is -0.484 e. The maximum absolute atomic E-state index is 12.6. The molecule has 0 saturated heterocycles. The van der Waals surface area contributed by atoms with E-state index < -0.39 is 22.5 Å². The quantitative estimate of drug-likeness (QED) is 0.218. The van der Waals surface area contributed by atoms with Gasteiger partial charge in [-0.25, -0.2) is 13.8 Å². The van der Waals surface area contributed by atoms with Gasteiger partial charge in [0.2, 0.25) is 10.0 Å². The van der Waals surface area contributed by atoms with E-state index in [2.05, 4.69) is 15.8 Å². The number of hydrazone groups is 1. The van der Waals surface area contributed by atoms with Crippen molar-refractivity contribution in [2.75, 3.05) is 29.0 Å². The number of hydrogen-bond acceptors (Lipinski definition) is 6. The summed E-state index contributed by atoms with van der Waals surface area (Å²) >= 11 is 6.03. The summed E-state index contributed by atoms with van der Waals surface area (Å²) in [6.45, 7) is -0.643. The first-order valence-corrected chi connectivity index (χ1v) is 14.0. The Bertz CT molecular complexity index is 1620. The monoisotopic (exact) mass is 564 g/mol. The smallest absolute Gasteiger partial charge is 0.262 e. The van der Waals surface area contributed by atoms with E-state index in [4.69, 9.17) is 16.3 Å². The number of para-hydroxylation sites is 1. The number of halogens is 1. The Hall–Kier alpha value is -4.41. The van der Waals surface area contributed by atoms with Gasteiger partial charge in [0.05, 0.1) is 28.9 Å². The molecule has 2 amide bonds. The average Bonchev–Trinajstić information content (AvgIpc) is 2.92. The number of carbonyl (C=O) groups excluding carboxylic acids is 2. The summed E-state index contributed by atoms with van der Waals surface area (Å²) in [5.41, 5.74) is 3.92. The van der Waals surface area contributed by atoms with Crippen LogP contribution < -0.4 is 19.8 Å². The van der Waals surface area contributed by atoms with Crippen LogP contribution in [0.4, 0.5) is 11.4 Å². The molecule has 2 N–H and O–H groups in total. The zero-order valence-corrected chi connectivity index (χ0v) is 22.4. The second-order valence-corrected chi connectivity index (χ2v) is 10.8. The van der Waals surface area contributed by atoms with Crippen LogP contribution in [-0.2, 0) is 19.6 Å². The minimum atomic E-state index is -3.75. The number of nitrogens with one attached hydrogen (secondary N) is 2. The van der Waals surface area contributed by atoms with Crippen molar-refractivity contribution in [1.82, 2.24) is 5.43 Å². The molecule has 0 saturated carbocycles. The lowest BCUT2D eigenvalue weighted by Crippen LogP contribution is -2.39. The third-order valence-electron chi connectivity index (χ3n) is 5.52. The van der Waals surface area contributed by atoms with Crippen molar-refractivity contribution in [3.63, 3.8) is 0 Å². The molecule has 0 spiro atoms. The van der Waals surface area contributed by atoms with Crippen molar-refractivity contribution in [1.29, 1.82) is 0 Å². The van der Waals surface area contributed by atoms with E-state index in [1.165, 1.54) is 6.21 Å². The standard InChI is InChI=1S/C28H25ClN4O5S/c1-39(36,37)33(26-12-6-8-21-7-2-3-9-23(21)26)18-27(34)32-30-17-20-13-15-22(16-14-20)38-19-28(35)31-25-11-5-4-10-24(25)29/h2-17H,18-19H2,1H3,(H,31,35)(H,32,34)/b30-17-. The van der Waals surface area contributed by atoms with Crippen LogP contribution in [0.1, 0.15) is 5.56 Å². The predicted octanol–water partition coefficient (Wildman–Crippen LogP) is 4.43. The third-order valence-corrected chi connectivity index (χ3v) is 6.98. The molecule has 200 valence electrons. The lowest BCUT2D eigenvalue weighted by Gasteiger charge is -2.23. The van der Waals surface area contributed by atoms with Gasteiger partial charge in [-0.15, -0.1) is 0 Å². The molecule has 4 aromatic carbocycles. The van der Waals surface area contributed by atoms with E-state index in [0.29, 0.717) is 33.1 Å². The van der Waals surface area contributed by atoms with E-state index in [1.807, 2.05) is 24.3 Å². The van der Waals surface area contributed by atoms with Gasteiger partial charge in [0.1, 0.15) is 12.3 Å². The molecular weight excluding hydrogens is 540 g/mol. The molecule has 0 unspecified atom stereocenters. The van der Waals surface area contributed by atoms with Crippen molar-refractivity contribution in [3.05, 3.63) is 102 Å². The topological polar surface area (TPSA) is 117 Å². The summed E-state index contributed by atoms with van der Waals surface area (Å²) in [6, 6.07) is 26.2. The molecule has 11 heteroatoms. The molecular formula is C28H25ClN4O5S. The lowest BCUT2D eigenvalue weighted by molar-refractivity contribution is -0.119. The molecule has 0 aromatic heterocycles. The number of benzene rings is 4. The van der Waals surface area contributed by atoms with E-state index in [0.717, 1.165) is 15.9 Å². The summed E-state index contributed by atoms with van der Waals surface area (Å²) in [7, 11) is -3.75. The molecule has 4 aromatic rings. The summed E-state index contributed by atoms with van der Waals surface area (Å²) in [6.07, 6.45) is 2.46. The first-order chi connectivity index (χ1) is 18.7. The van der Waals surface area contributed by atoms with Crippen LogP contribution in [-0.4, -0.2) is 45.9 Å². The first kappa shape index (κ1) is 27.6. The molecule has 0 radical (unpaired) electrons. The molecule has 39 heavy (non-hydrogen) atoms. The van der Waals surface area contributed by atoms with Crippen molar-refractivity contribution in [2.45, 2.75) is 0 Å². The number of fused-ring (bicyclic) bond motifs is 1. The molecule has 0 aliphatic heterocycles. The second-order valence-electron chi connectivity index (χ2n) is 8.45. The van der Waals surface area contributed by atoms with Crippen LogP contribution in [0.5, 0.6) is 5.75 Å². The number of ether oxygens (including phenoxy) is 1. The molecule has 0 bridgehead atoms. The van der Waals surface area contributed by atoms with Crippen LogP contribution in [0.15, 0.2) is 96.1 Å². The third kappa shape index (κ3) is 7.56. The summed E-state index contributed by atoms with van der Waals surface area (Å²) in [4.78, 5) is 24.7. The lowest BCUT2D eigenvalue weighted by atomic mass is 10.1.